The van der Waals surface area contributed by atoms with Gasteiger partial charge in [-0.3, -0.25) is 9.69 Å². The topological polar surface area (TPSA) is 52.7 Å². The van der Waals surface area contributed by atoms with Crippen LogP contribution in [0.3, 0.4) is 0 Å². The molecule has 0 saturated carbocycles. The molecule has 0 aromatic heterocycles. The van der Waals surface area contributed by atoms with E-state index in [1.807, 2.05) is 24.3 Å². The summed E-state index contributed by atoms with van der Waals surface area (Å²) in [6.07, 6.45) is 0. The molecule has 3 amide bonds. The Kier molecular flexibility index (Phi) is 4.71. The highest BCUT2D eigenvalue weighted by atomic mass is 35.5. The minimum Gasteiger partial charge on any atom is -0.337 e. The largest absolute Gasteiger partial charge is 0.337 e. The first-order chi connectivity index (χ1) is 11.5. The van der Waals surface area contributed by atoms with Gasteiger partial charge in [-0.15, -0.1) is 0 Å². The number of hydrogen-bond acceptors (Lipinski definition) is 2. The quantitative estimate of drug-likeness (QED) is 0.927. The number of nitrogens with one attached hydrogen (secondary N) is 1. The Labute approximate surface area is 145 Å². The number of urea groups is 1. The molecule has 124 valence electrons. The van der Waals surface area contributed by atoms with Crippen molar-refractivity contribution in [2.24, 2.45) is 0 Å². The van der Waals surface area contributed by atoms with Crippen LogP contribution in [-0.4, -0.2) is 37.0 Å². The molecule has 24 heavy (non-hydrogen) atoms. The Balaban J connectivity index is 1.67. The molecule has 6 heteroatoms. The highest BCUT2D eigenvalue weighted by molar-refractivity contribution is 6.30. The fourth-order valence-electron chi connectivity index (χ4n) is 2.66. The first-order valence-electron chi connectivity index (χ1n) is 7.70. The van der Waals surface area contributed by atoms with Gasteiger partial charge >= 0.3 is 6.03 Å². The summed E-state index contributed by atoms with van der Waals surface area (Å²) in [6, 6.07) is 14.4. The third kappa shape index (κ3) is 3.51. The van der Waals surface area contributed by atoms with Gasteiger partial charge in [0, 0.05) is 43.0 Å². The van der Waals surface area contributed by atoms with Crippen molar-refractivity contribution in [2.75, 3.05) is 25.0 Å². The minimum atomic E-state index is -0.103. The number of carbonyl (C=O) groups excluding carboxylic acids is 2. The van der Waals surface area contributed by atoms with Crippen molar-refractivity contribution < 1.29 is 9.59 Å². The van der Waals surface area contributed by atoms with Gasteiger partial charge in [0.05, 0.1) is 0 Å². The standard InChI is InChI=1S/C18H18ClN3O2/c1-21(12-13-2-6-15(19)7-3-13)17(23)14-4-8-16(9-5-14)22-11-10-20-18(22)24/h2-9H,10-12H2,1H3,(H,20,24). The summed E-state index contributed by atoms with van der Waals surface area (Å²) < 4.78 is 0. The van der Waals surface area contributed by atoms with E-state index in [2.05, 4.69) is 5.32 Å². The summed E-state index contributed by atoms with van der Waals surface area (Å²) in [5.74, 6) is -0.0672. The Morgan fingerprint density at radius 2 is 1.83 bits per heavy atom. The van der Waals surface area contributed by atoms with Gasteiger partial charge in [-0.25, -0.2) is 4.79 Å². The normalized spacial score (nSPS) is 13.8. The summed E-state index contributed by atoms with van der Waals surface area (Å²) >= 11 is 5.87. The van der Waals surface area contributed by atoms with Crippen molar-refractivity contribution in [1.29, 1.82) is 0 Å². The average molecular weight is 344 g/mol. The molecule has 0 unspecified atom stereocenters. The molecule has 2 aromatic rings. The van der Waals surface area contributed by atoms with Crippen molar-refractivity contribution >= 4 is 29.2 Å². The number of nitrogens with zero attached hydrogens (tertiary/aromatic N) is 2. The van der Waals surface area contributed by atoms with Crippen LogP contribution in [0.5, 0.6) is 0 Å². The summed E-state index contributed by atoms with van der Waals surface area (Å²) in [6.45, 7) is 1.79. The average Bonchev–Trinajstić information content (AvgIpc) is 3.02. The molecule has 0 bridgehead atoms. The second-order valence-corrected chi connectivity index (χ2v) is 6.15. The molecule has 1 fully saturated rings. The van der Waals surface area contributed by atoms with Crippen LogP contribution in [0.2, 0.25) is 5.02 Å². The van der Waals surface area contributed by atoms with Crippen LogP contribution in [0.1, 0.15) is 15.9 Å². The van der Waals surface area contributed by atoms with Gasteiger partial charge in [0.15, 0.2) is 0 Å². The van der Waals surface area contributed by atoms with Gasteiger partial charge in [-0.05, 0) is 42.0 Å². The van der Waals surface area contributed by atoms with Crippen LogP contribution >= 0.6 is 11.6 Å². The van der Waals surface area contributed by atoms with Gasteiger partial charge in [-0.2, -0.15) is 0 Å². The maximum atomic E-state index is 12.5. The predicted molar refractivity (Wildman–Crippen MR) is 94.4 cm³/mol. The number of amides is 3. The minimum absolute atomic E-state index is 0.0672. The van der Waals surface area contributed by atoms with Crippen molar-refractivity contribution in [2.45, 2.75) is 6.54 Å². The molecule has 1 N–H and O–H groups in total. The van der Waals surface area contributed by atoms with Gasteiger partial charge in [0.25, 0.3) is 5.91 Å². The fraction of sp³-hybridized carbons (Fsp3) is 0.222. The van der Waals surface area contributed by atoms with Gasteiger partial charge in [-0.1, -0.05) is 23.7 Å². The van der Waals surface area contributed by atoms with E-state index < -0.39 is 0 Å². The highest BCUT2D eigenvalue weighted by Crippen LogP contribution is 2.18. The van der Waals surface area contributed by atoms with Crippen molar-refractivity contribution in [3.63, 3.8) is 0 Å². The zero-order valence-electron chi connectivity index (χ0n) is 13.3. The first kappa shape index (κ1) is 16.3. The molecule has 0 aliphatic carbocycles. The van der Waals surface area contributed by atoms with Gasteiger partial charge < -0.3 is 10.2 Å². The van der Waals surface area contributed by atoms with E-state index in [0.29, 0.717) is 30.2 Å². The molecule has 1 heterocycles. The van der Waals surface area contributed by atoms with E-state index in [1.54, 1.807) is 41.1 Å². The molecule has 2 aromatic carbocycles. The number of carbonyl (C=O) groups is 2. The molecular weight excluding hydrogens is 326 g/mol. The molecular formula is C18H18ClN3O2. The number of anilines is 1. The van der Waals surface area contributed by atoms with E-state index in [0.717, 1.165) is 11.3 Å². The first-order valence-corrected chi connectivity index (χ1v) is 8.08. The van der Waals surface area contributed by atoms with E-state index >= 15 is 0 Å². The molecule has 1 aliphatic rings. The van der Waals surface area contributed by atoms with Crippen molar-refractivity contribution in [1.82, 2.24) is 10.2 Å². The summed E-state index contributed by atoms with van der Waals surface area (Å²) in [5.41, 5.74) is 2.40. The Morgan fingerprint density at radius 1 is 1.17 bits per heavy atom. The van der Waals surface area contributed by atoms with Crippen LogP contribution in [-0.2, 0) is 6.54 Å². The van der Waals surface area contributed by atoms with Crippen LogP contribution in [0, 0.1) is 0 Å². The molecule has 1 aliphatic heterocycles. The number of hydrogen-bond donors (Lipinski definition) is 1. The summed E-state index contributed by atoms with van der Waals surface area (Å²) in [4.78, 5) is 27.5. The smallest absolute Gasteiger partial charge is 0.321 e. The van der Waals surface area contributed by atoms with Crippen LogP contribution < -0.4 is 10.2 Å². The van der Waals surface area contributed by atoms with Crippen LogP contribution in [0.4, 0.5) is 10.5 Å². The second kappa shape index (κ2) is 6.93. The Morgan fingerprint density at radius 3 is 2.42 bits per heavy atom. The highest BCUT2D eigenvalue weighted by Gasteiger charge is 2.21. The third-order valence-electron chi connectivity index (χ3n) is 3.96. The summed E-state index contributed by atoms with van der Waals surface area (Å²) in [5, 5.41) is 3.43. The lowest BCUT2D eigenvalue weighted by molar-refractivity contribution is 0.0785. The second-order valence-electron chi connectivity index (χ2n) is 5.72. The van der Waals surface area contributed by atoms with Gasteiger partial charge in [0.2, 0.25) is 0 Å². The number of benzene rings is 2. The van der Waals surface area contributed by atoms with Crippen molar-refractivity contribution in [3.05, 3.63) is 64.7 Å². The third-order valence-corrected chi connectivity index (χ3v) is 4.21. The molecule has 0 spiro atoms. The lowest BCUT2D eigenvalue weighted by Gasteiger charge is -2.19. The molecule has 3 rings (SSSR count). The van der Waals surface area contributed by atoms with Gasteiger partial charge in [0.1, 0.15) is 0 Å². The van der Waals surface area contributed by atoms with Crippen molar-refractivity contribution in [3.8, 4) is 0 Å². The number of rotatable bonds is 4. The van der Waals surface area contributed by atoms with Crippen LogP contribution in [0.25, 0.3) is 0 Å². The number of halogens is 1. The van der Waals surface area contributed by atoms with E-state index in [-0.39, 0.29) is 11.9 Å². The van der Waals surface area contributed by atoms with Crippen LogP contribution in [0.15, 0.2) is 48.5 Å². The maximum Gasteiger partial charge on any atom is 0.321 e. The maximum absolute atomic E-state index is 12.5. The lowest BCUT2D eigenvalue weighted by atomic mass is 10.1. The zero-order chi connectivity index (χ0) is 17.1. The zero-order valence-corrected chi connectivity index (χ0v) is 14.1. The molecule has 0 radical (unpaired) electrons. The monoisotopic (exact) mass is 343 g/mol. The lowest BCUT2D eigenvalue weighted by Crippen LogP contribution is -2.28. The molecule has 5 nitrogen and oxygen atoms in total. The van der Waals surface area contributed by atoms with E-state index in [1.165, 1.54) is 0 Å². The predicted octanol–water partition coefficient (Wildman–Crippen LogP) is 3.14. The fourth-order valence-corrected chi connectivity index (χ4v) is 2.78. The summed E-state index contributed by atoms with van der Waals surface area (Å²) in [7, 11) is 1.76. The SMILES string of the molecule is CN(Cc1ccc(Cl)cc1)C(=O)c1ccc(N2CCNC2=O)cc1. The molecule has 1 saturated heterocycles. The Bertz CT molecular complexity index is 744. The Hall–Kier alpha value is -2.53. The molecule has 0 atom stereocenters. The van der Waals surface area contributed by atoms with E-state index in [4.69, 9.17) is 11.6 Å². The van der Waals surface area contributed by atoms with E-state index in [9.17, 15) is 9.59 Å².